The number of rotatable bonds is 7. The summed E-state index contributed by atoms with van der Waals surface area (Å²) < 4.78 is 17.8. The highest BCUT2D eigenvalue weighted by molar-refractivity contribution is 7.80. The molecule has 0 amide bonds. The third kappa shape index (κ3) is 5.09. The van der Waals surface area contributed by atoms with Gasteiger partial charge < -0.3 is 14.8 Å². The van der Waals surface area contributed by atoms with Crippen LogP contribution in [0.25, 0.3) is 0 Å². The van der Waals surface area contributed by atoms with Crippen molar-refractivity contribution in [2.75, 3.05) is 17.3 Å². The van der Waals surface area contributed by atoms with Gasteiger partial charge in [0.2, 0.25) is 11.1 Å². The van der Waals surface area contributed by atoms with Gasteiger partial charge in [-0.1, -0.05) is 42.0 Å². The number of benzene rings is 3. The first-order valence-electron chi connectivity index (χ1n) is 8.00. The molecule has 0 aliphatic rings. The predicted molar refractivity (Wildman–Crippen MR) is 103 cm³/mol. The van der Waals surface area contributed by atoms with Crippen LogP contribution in [-0.2, 0) is 11.1 Å². The molecule has 3 aromatic carbocycles. The number of hydrogen-bond donors (Lipinski definition) is 2. The molecule has 1 unspecified atom stereocenters. The zero-order chi connectivity index (χ0) is 17.5. The average molecular weight is 352 g/mol. The summed E-state index contributed by atoms with van der Waals surface area (Å²) in [5, 5.41) is 6.54. The van der Waals surface area contributed by atoms with E-state index in [4.69, 9.17) is 4.18 Å². The number of hydrogen-bond acceptors (Lipinski definition) is 4. The van der Waals surface area contributed by atoms with Crippen LogP contribution in [0.15, 0.2) is 83.8 Å². The molecular formula is C20H20N2O2S. The average Bonchev–Trinajstić information content (AvgIpc) is 2.63. The lowest BCUT2D eigenvalue weighted by Gasteiger charge is -2.11. The molecule has 0 aliphatic heterocycles. The maximum atomic E-state index is 12.3. The summed E-state index contributed by atoms with van der Waals surface area (Å²) in [6, 6.07) is 24.9. The number of para-hydroxylation sites is 1. The highest BCUT2D eigenvalue weighted by atomic mass is 32.2. The predicted octanol–water partition coefficient (Wildman–Crippen LogP) is 4.58. The fraction of sp³-hybridized carbons (Fsp3) is 0.100. The van der Waals surface area contributed by atoms with Crippen LogP contribution >= 0.6 is 0 Å². The van der Waals surface area contributed by atoms with Crippen LogP contribution in [0, 0.1) is 6.92 Å². The lowest BCUT2D eigenvalue weighted by atomic mass is 10.2. The molecule has 0 aliphatic carbocycles. The topological polar surface area (TPSA) is 50.4 Å². The lowest BCUT2D eigenvalue weighted by Crippen LogP contribution is -2.11. The summed E-state index contributed by atoms with van der Waals surface area (Å²) in [4.78, 5) is 0.648. The van der Waals surface area contributed by atoms with Gasteiger partial charge >= 0.3 is 0 Å². The molecule has 0 radical (unpaired) electrons. The quantitative estimate of drug-likeness (QED) is 0.611. The van der Waals surface area contributed by atoms with E-state index in [1.165, 1.54) is 0 Å². The van der Waals surface area contributed by atoms with Gasteiger partial charge in [-0.05, 0) is 43.3 Å². The van der Waals surface area contributed by atoms with E-state index in [0.717, 1.165) is 16.9 Å². The zero-order valence-electron chi connectivity index (χ0n) is 13.9. The third-order valence-electron chi connectivity index (χ3n) is 3.58. The molecule has 0 saturated carbocycles. The minimum atomic E-state index is -1.53. The highest BCUT2D eigenvalue weighted by Crippen LogP contribution is 2.20. The molecule has 4 nitrogen and oxygen atoms in total. The first-order valence-corrected chi connectivity index (χ1v) is 9.08. The molecule has 128 valence electrons. The smallest absolute Gasteiger partial charge is 0.240 e. The van der Waals surface area contributed by atoms with Crippen LogP contribution in [0.5, 0.6) is 5.75 Å². The van der Waals surface area contributed by atoms with E-state index in [9.17, 15) is 4.21 Å². The first-order chi connectivity index (χ1) is 12.2. The minimum absolute atomic E-state index is 0.559. The van der Waals surface area contributed by atoms with E-state index in [2.05, 4.69) is 10.6 Å². The number of aryl methyl sites for hydroxylation is 1. The zero-order valence-corrected chi connectivity index (χ0v) is 14.8. The second-order valence-electron chi connectivity index (χ2n) is 5.56. The van der Waals surface area contributed by atoms with Gasteiger partial charge in [-0.15, -0.1) is 0 Å². The fourth-order valence-corrected chi connectivity index (χ4v) is 2.98. The summed E-state index contributed by atoms with van der Waals surface area (Å²) in [6.45, 7) is 2.57. The number of nitrogens with one attached hydrogen (secondary N) is 2. The van der Waals surface area contributed by atoms with Crippen molar-refractivity contribution in [3.05, 3.63) is 84.4 Å². The molecule has 0 spiro atoms. The molecule has 0 saturated heterocycles. The van der Waals surface area contributed by atoms with Crippen molar-refractivity contribution in [1.82, 2.24) is 0 Å². The Morgan fingerprint density at radius 1 is 0.840 bits per heavy atom. The fourth-order valence-electron chi connectivity index (χ4n) is 2.25. The Morgan fingerprint density at radius 2 is 1.52 bits per heavy atom. The molecule has 3 aromatic rings. The summed E-state index contributed by atoms with van der Waals surface area (Å²) >= 11 is -1.53. The largest absolute Gasteiger partial charge is 0.397 e. The van der Waals surface area contributed by atoms with E-state index in [1.807, 2.05) is 79.7 Å². The standard InChI is InChI=1S/C20H20N2O2S/c1-16-10-12-20(13-11-16)25(23)24-19-9-5-8-18(14-19)22-15-21-17-6-3-2-4-7-17/h2-14,21-22H,15H2,1H3. The molecule has 0 heterocycles. The summed E-state index contributed by atoms with van der Waals surface area (Å²) in [6.07, 6.45) is 0. The maximum Gasteiger partial charge on any atom is 0.240 e. The monoisotopic (exact) mass is 352 g/mol. The Kier molecular flexibility index (Phi) is 5.69. The molecule has 0 bridgehead atoms. The number of anilines is 2. The summed E-state index contributed by atoms with van der Waals surface area (Å²) in [7, 11) is 0. The van der Waals surface area contributed by atoms with E-state index in [-0.39, 0.29) is 0 Å². The van der Waals surface area contributed by atoms with Gasteiger partial charge in [-0.25, -0.2) is 4.21 Å². The van der Waals surface area contributed by atoms with Crippen molar-refractivity contribution in [3.8, 4) is 5.75 Å². The van der Waals surface area contributed by atoms with Crippen LogP contribution in [-0.4, -0.2) is 10.9 Å². The lowest BCUT2D eigenvalue weighted by molar-refractivity contribution is 0.562. The molecule has 2 N–H and O–H groups in total. The Morgan fingerprint density at radius 3 is 2.28 bits per heavy atom. The Labute approximate surface area is 150 Å². The van der Waals surface area contributed by atoms with E-state index >= 15 is 0 Å². The molecule has 3 rings (SSSR count). The molecule has 0 aromatic heterocycles. The maximum absolute atomic E-state index is 12.3. The molecule has 5 heteroatoms. The van der Waals surface area contributed by atoms with E-state index in [1.54, 1.807) is 6.07 Å². The van der Waals surface area contributed by atoms with Crippen LogP contribution in [0.1, 0.15) is 5.56 Å². The van der Waals surface area contributed by atoms with Gasteiger partial charge in [0.25, 0.3) is 0 Å². The van der Waals surface area contributed by atoms with Crippen molar-refractivity contribution in [3.63, 3.8) is 0 Å². The summed E-state index contributed by atoms with van der Waals surface area (Å²) in [5.74, 6) is 0.559. The van der Waals surface area contributed by atoms with Crippen LogP contribution < -0.4 is 14.8 Å². The molecule has 0 fully saturated rings. The Bertz CT molecular complexity index is 836. The minimum Gasteiger partial charge on any atom is -0.397 e. The van der Waals surface area contributed by atoms with E-state index in [0.29, 0.717) is 17.3 Å². The van der Waals surface area contributed by atoms with Crippen LogP contribution in [0.3, 0.4) is 0 Å². The van der Waals surface area contributed by atoms with Crippen molar-refractivity contribution >= 4 is 22.5 Å². The van der Waals surface area contributed by atoms with Gasteiger partial charge in [0, 0.05) is 17.4 Å². The highest BCUT2D eigenvalue weighted by Gasteiger charge is 2.06. The first kappa shape index (κ1) is 17.0. The van der Waals surface area contributed by atoms with Crippen molar-refractivity contribution < 1.29 is 8.39 Å². The normalized spacial score (nSPS) is 11.6. The molecule has 1 atom stereocenters. The second-order valence-corrected chi connectivity index (χ2v) is 6.66. The van der Waals surface area contributed by atoms with Crippen LogP contribution in [0.4, 0.5) is 11.4 Å². The van der Waals surface area contributed by atoms with Crippen molar-refractivity contribution in [1.29, 1.82) is 0 Å². The van der Waals surface area contributed by atoms with Gasteiger partial charge in [0.1, 0.15) is 5.75 Å². The Balaban J connectivity index is 1.57. The van der Waals surface area contributed by atoms with Gasteiger partial charge in [-0.3, -0.25) is 0 Å². The Hall–Kier alpha value is -2.79. The van der Waals surface area contributed by atoms with Crippen molar-refractivity contribution in [2.24, 2.45) is 0 Å². The van der Waals surface area contributed by atoms with Gasteiger partial charge in [-0.2, -0.15) is 0 Å². The van der Waals surface area contributed by atoms with E-state index < -0.39 is 11.1 Å². The molecule has 25 heavy (non-hydrogen) atoms. The van der Waals surface area contributed by atoms with Gasteiger partial charge in [0.05, 0.1) is 11.6 Å². The van der Waals surface area contributed by atoms with Crippen molar-refractivity contribution in [2.45, 2.75) is 11.8 Å². The SMILES string of the molecule is Cc1ccc(S(=O)Oc2cccc(NCNc3ccccc3)c2)cc1. The third-order valence-corrected chi connectivity index (χ3v) is 4.58. The van der Waals surface area contributed by atoms with Crippen LogP contribution in [0.2, 0.25) is 0 Å². The van der Waals surface area contributed by atoms with Gasteiger partial charge in [0.15, 0.2) is 0 Å². The summed E-state index contributed by atoms with van der Waals surface area (Å²) in [5.41, 5.74) is 3.06. The second kappa shape index (κ2) is 8.35. The molecular weight excluding hydrogens is 332 g/mol.